The molecule has 4 heteroatoms. The van der Waals surface area contributed by atoms with E-state index in [1.165, 1.54) is 0 Å². The highest BCUT2D eigenvalue weighted by molar-refractivity contribution is 5.93. The van der Waals surface area contributed by atoms with Crippen molar-refractivity contribution < 1.29 is 9.59 Å². The van der Waals surface area contributed by atoms with E-state index in [4.69, 9.17) is 0 Å². The van der Waals surface area contributed by atoms with Gasteiger partial charge in [0.25, 0.3) is 5.91 Å². The molecule has 0 aliphatic rings. The summed E-state index contributed by atoms with van der Waals surface area (Å²) in [6.45, 7) is 4.10. The van der Waals surface area contributed by atoms with Gasteiger partial charge in [0.1, 0.15) is 5.54 Å². The van der Waals surface area contributed by atoms with Crippen LogP contribution in [0.2, 0.25) is 0 Å². The first-order chi connectivity index (χ1) is 15.9. The first-order valence-corrected chi connectivity index (χ1v) is 11.6. The Bertz CT molecular complexity index is 1050. The van der Waals surface area contributed by atoms with E-state index in [0.29, 0.717) is 12.8 Å². The Labute approximate surface area is 197 Å². The maximum absolute atomic E-state index is 13.5. The van der Waals surface area contributed by atoms with E-state index in [-0.39, 0.29) is 17.7 Å². The van der Waals surface area contributed by atoms with Crippen molar-refractivity contribution in [2.45, 2.75) is 38.6 Å². The molecule has 172 valence electrons. The third-order valence-corrected chi connectivity index (χ3v) is 6.70. The normalized spacial score (nSPS) is 13.6. The molecule has 2 atom stereocenters. The highest BCUT2D eigenvalue weighted by atomic mass is 16.2. The van der Waals surface area contributed by atoms with Crippen LogP contribution in [0.4, 0.5) is 0 Å². The van der Waals surface area contributed by atoms with Crippen LogP contribution >= 0.6 is 0 Å². The van der Waals surface area contributed by atoms with Gasteiger partial charge in [-0.1, -0.05) is 105 Å². The third kappa shape index (κ3) is 5.00. The van der Waals surface area contributed by atoms with Gasteiger partial charge in [0.15, 0.2) is 0 Å². The van der Waals surface area contributed by atoms with Gasteiger partial charge in [-0.3, -0.25) is 9.59 Å². The molecule has 0 heterocycles. The second-order valence-electron chi connectivity index (χ2n) is 8.54. The molecule has 3 aromatic rings. The van der Waals surface area contributed by atoms with Gasteiger partial charge in [0.05, 0.1) is 0 Å². The summed E-state index contributed by atoms with van der Waals surface area (Å²) in [5.41, 5.74) is 3.04. The molecule has 2 amide bonds. The molecule has 0 saturated heterocycles. The van der Waals surface area contributed by atoms with Crippen molar-refractivity contribution in [3.8, 4) is 11.1 Å². The molecule has 0 radical (unpaired) electrons. The number of carbonyl (C=O) groups excluding carboxylic acids is 2. The summed E-state index contributed by atoms with van der Waals surface area (Å²) < 4.78 is 0. The lowest BCUT2D eigenvalue weighted by atomic mass is 9.74. The van der Waals surface area contributed by atoms with Gasteiger partial charge in [-0.25, -0.2) is 0 Å². The minimum atomic E-state index is -1.09. The summed E-state index contributed by atoms with van der Waals surface area (Å²) in [6.07, 6.45) is 1.74. The molecule has 0 aromatic heterocycles. The molecular weight excluding hydrogens is 408 g/mol. The maximum Gasteiger partial charge on any atom is 0.250 e. The molecule has 4 nitrogen and oxygen atoms in total. The molecule has 1 N–H and O–H groups in total. The van der Waals surface area contributed by atoms with E-state index in [2.05, 4.69) is 24.4 Å². The number of hydrogen-bond donors (Lipinski definition) is 1. The van der Waals surface area contributed by atoms with Crippen LogP contribution in [0.15, 0.2) is 84.9 Å². The SMILES string of the molecule is CC[C@H](C)[C@](C(=O)NC)(c1ccc(-c2ccccc2)cc1)N(C)C(=O)CCc1ccccc1. The van der Waals surface area contributed by atoms with Crippen molar-refractivity contribution in [3.05, 3.63) is 96.1 Å². The minimum Gasteiger partial charge on any atom is -0.357 e. The largest absolute Gasteiger partial charge is 0.357 e. The Morgan fingerprint density at radius 1 is 0.879 bits per heavy atom. The van der Waals surface area contributed by atoms with Crippen LogP contribution in [0.25, 0.3) is 11.1 Å². The van der Waals surface area contributed by atoms with Crippen LogP contribution in [0, 0.1) is 5.92 Å². The molecule has 3 rings (SSSR count). The van der Waals surface area contributed by atoms with Gasteiger partial charge < -0.3 is 10.2 Å². The van der Waals surface area contributed by atoms with E-state index in [1.54, 1.807) is 19.0 Å². The Hall–Kier alpha value is -3.40. The van der Waals surface area contributed by atoms with E-state index in [0.717, 1.165) is 28.7 Å². The zero-order valence-electron chi connectivity index (χ0n) is 20.0. The lowest BCUT2D eigenvalue weighted by Gasteiger charge is -2.45. The lowest BCUT2D eigenvalue weighted by molar-refractivity contribution is -0.150. The summed E-state index contributed by atoms with van der Waals surface area (Å²) in [5, 5.41) is 2.84. The number of amides is 2. The minimum absolute atomic E-state index is 0.0464. The Morgan fingerprint density at radius 3 is 1.97 bits per heavy atom. The van der Waals surface area contributed by atoms with Crippen LogP contribution in [0.1, 0.15) is 37.8 Å². The van der Waals surface area contributed by atoms with Gasteiger partial charge >= 0.3 is 0 Å². The van der Waals surface area contributed by atoms with Crippen LogP contribution in [0.5, 0.6) is 0 Å². The van der Waals surface area contributed by atoms with Crippen molar-refractivity contribution in [2.75, 3.05) is 14.1 Å². The van der Waals surface area contributed by atoms with Gasteiger partial charge in [-0.05, 0) is 34.6 Å². The maximum atomic E-state index is 13.5. The zero-order chi connectivity index (χ0) is 23.8. The van der Waals surface area contributed by atoms with Crippen molar-refractivity contribution in [1.82, 2.24) is 10.2 Å². The van der Waals surface area contributed by atoms with Gasteiger partial charge in [-0.2, -0.15) is 0 Å². The molecule has 0 bridgehead atoms. The molecule has 0 aliphatic heterocycles. The number of nitrogens with zero attached hydrogens (tertiary/aromatic N) is 1. The number of benzene rings is 3. The fraction of sp³-hybridized carbons (Fsp3) is 0.310. The second-order valence-corrected chi connectivity index (χ2v) is 8.54. The number of nitrogens with one attached hydrogen (secondary N) is 1. The van der Waals surface area contributed by atoms with E-state index in [1.807, 2.05) is 79.7 Å². The van der Waals surface area contributed by atoms with Crippen LogP contribution < -0.4 is 5.32 Å². The molecule has 0 aliphatic carbocycles. The molecule has 3 aromatic carbocycles. The van der Waals surface area contributed by atoms with Gasteiger partial charge in [-0.15, -0.1) is 0 Å². The summed E-state index contributed by atoms with van der Waals surface area (Å²) in [5.74, 6) is -0.291. The van der Waals surface area contributed by atoms with E-state index >= 15 is 0 Å². The molecule has 33 heavy (non-hydrogen) atoms. The molecule has 0 saturated carbocycles. The monoisotopic (exact) mass is 442 g/mol. The third-order valence-electron chi connectivity index (χ3n) is 6.70. The first kappa shape index (κ1) is 24.2. The highest BCUT2D eigenvalue weighted by Gasteiger charge is 2.49. The lowest BCUT2D eigenvalue weighted by Crippen LogP contribution is -2.59. The number of aryl methyl sites for hydroxylation is 1. The Kier molecular flexibility index (Phi) is 8.05. The van der Waals surface area contributed by atoms with Crippen LogP contribution in [0.3, 0.4) is 0 Å². The molecule has 0 unspecified atom stereocenters. The topological polar surface area (TPSA) is 49.4 Å². The predicted molar refractivity (Wildman–Crippen MR) is 135 cm³/mol. The average Bonchev–Trinajstić information content (AvgIpc) is 2.88. The predicted octanol–water partition coefficient (Wildman–Crippen LogP) is 5.43. The molecular formula is C29H34N2O2. The number of hydrogen-bond acceptors (Lipinski definition) is 2. The van der Waals surface area contributed by atoms with Crippen molar-refractivity contribution >= 4 is 11.8 Å². The highest BCUT2D eigenvalue weighted by Crippen LogP contribution is 2.39. The van der Waals surface area contributed by atoms with Gasteiger partial charge in [0, 0.05) is 20.5 Å². The average molecular weight is 443 g/mol. The van der Waals surface area contributed by atoms with Crippen LogP contribution in [-0.4, -0.2) is 30.8 Å². The number of carbonyl (C=O) groups is 2. The summed E-state index contributed by atoms with van der Waals surface area (Å²) in [4.78, 5) is 28.6. The number of likely N-dealkylation sites (N-methyl/N-ethyl adjacent to an activating group) is 2. The van der Waals surface area contributed by atoms with Crippen molar-refractivity contribution in [2.24, 2.45) is 5.92 Å². The Balaban J connectivity index is 1.98. The molecule has 0 spiro atoms. The standard InChI is InChI=1S/C29H34N2O2/c1-5-22(2)29(28(33)30-3,31(4)27(32)21-16-23-12-8-6-9-13-23)26-19-17-25(18-20-26)24-14-10-7-11-15-24/h6-15,17-20,22H,5,16,21H2,1-4H3,(H,30,33)/t22-,29+/m0/s1. The van der Waals surface area contributed by atoms with Crippen molar-refractivity contribution in [1.29, 1.82) is 0 Å². The summed E-state index contributed by atoms with van der Waals surface area (Å²) in [6, 6.07) is 28.2. The summed E-state index contributed by atoms with van der Waals surface area (Å²) >= 11 is 0. The Morgan fingerprint density at radius 2 is 1.42 bits per heavy atom. The summed E-state index contributed by atoms with van der Waals surface area (Å²) in [7, 11) is 3.40. The fourth-order valence-electron chi connectivity index (χ4n) is 4.61. The van der Waals surface area contributed by atoms with E-state index in [9.17, 15) is 9.59 Å². The zero-order valence-corrected chi connectivity index (χ0v) is 20.0. The first-order valence-electron chi connectivity index (χ1n) is 11.6. The fourth-order valence-corrected chi connectivity index (χ4v) is 4.61. The quantitative estimate of drug-likeness (QED) is 0.480. The number of rotatable bonds is 9. The van der Waals surface area contributed by atoms with Crippen molar-refractivity contribution in [3.63, 3.8) is 0 Å². The smallest absolute Gasteiger partial charge is 0.250 e. The van der Waals surface area contributed by atoms with E-state index < -0.39 is 5.54 Å². The van der Waals surface area contributed by atoms with Crippen LogP contribution in [-0.2, 0) is 21.5 Å². The molecule has 0 fully saturated rings. The van der Waals surface area contributed by atoms with Gasteiger partial charge in [0.2, 0.25) is 5.91 Å². The second kappa shape index (κ2) is 11.0.